The molecule has 0 unspecified atom stereocenters. The van der Waals surface area contributed by atoms with Crippen molar-refractivity contribution in [2.24, 2.45) is 0 Å². The van der Waals surface area contributed by atoms with Crippen molar-refractivity contribution in [2.45, 2.75) is 510 Å². The second-order valence-corrected chi connectivity index (χ2v) is 32.0. The zero-order valence-corrected chi connectivity index (χ0v) is 71.0. The van der Waals surface area contributed by atoms with Gasteiger partial charge in [-0.2, -0.15) is 12.8 Å². The maximum absolute atomic E-state index is 12.0. The molecule has 3 heteroatoms. The molecular formula is C99H178N2Ni. The first-order valence-electron chi connectivity index (χ1n) is 46.4. The second kappa shape index (κ2) is 81.3. The zero-order chi connectivity index (χ0) is 72.9. The number of rotatable bonds is 74. The molecule has 0 spiro atoms. The molecule has 2 aromatic rings. The van der Waals surface area contributed by atoms with Gasteiger partial charge in [-0.1, -0.05) is 482 Å². The molecule has 0 saturated heterocycles. The fourth-order valence-corrected chi connectivity index (χ4v) is 15.3. The van der Waals surface area contributed by atoms with Gasteiger partial charge in [0.15, 0.2) is 0 Å². The molecule has 2 nitrogen and oxygen atoms in total. The van der Waals surface area contributed by atoms with E-state index in [0.717, 1.165) is 73.9 Å². The summed E-state index contributed by atoms with van der Waals surface area (Å²) in [6.45, 7) is 21.5. The SMILES string of the molecule is CCCCCCCCCC=CC1=C(c2cccc(CCCCC)c2)[N+](=[N-])C(c2cccc(CCCCC)c2)=C1CCCC.[CH2-]CCCCCCCCCCCCCCCCCCCCCCCCCCCC.[CH2-]CCCCCCCCCCCCCCCCCCCCCCCCCCCC.[Ni+2]. The Morgan fingerprint density at radius 1 is 0.275 bits per heavy atom. The third kappa shape index (κ3) is 60.7. The number of allylic oxidation sites excluding steroid dienone is 4. The smallest absolute Gasteiger partial charge is 0.493 e. The normalized spacial score (nSPS) is 12.3. The van der Waals surface area contributed by atoms with Crippen molar-refractivity contribution in [3.05, 3.63) is 113 Å². The van der Waals surface area contributed by atoms with Crippen LogP contribution in [0.4, 0.5) is 0 Å². The number of aryl methyl sites for hydroxylation is 2. The van der Waals surface area contributed by atoms with Crippen LogP contribution in [0.15, 0.2) is 71.8 Å². The summed E-state index contributed by atoms with van der Waals surface area (Å²) in [5, 5.41) is 0. The molecule has 594 valence electrons. The number of nitrogens with zero attached hydrogens (tertiary/aromatic N) is 2. The van der Waals surface area contributed by atoms with Crippen LogP contribution in [0, 0.1) is 13.8 Å². The van der Waals surface area contributed by atoms with Gasteiger partial charge in [-0.3, -0.25) is 0 Å². The molecule has 1 heterocycles. The molecule has 0 saturated carbocycles. The Bertz CT molecular complexity index is 2020. The van der Waals surface area contributed by atoms with Gasteiger partial charge in [0.05, 0.1) is 5.57 Å². The number of hydrogen-bond acceptors (Lipinski definition) is 0. The molecule has 0 radical (unpaired) electrons. The van der Waals surface area contributed by atoms with Crippen molar-refractivity contribution in [2.75, 3.05) is 0 Å². The fraction of sp³-hybridized carbons (Fsp3) is 0.798. The van der Waals surface area contributed by atoms with E-state index in [-0.39, 0.29) is 16.5 Å². The summed E-state index contributed by atoms with van der Waals surface area (Å²) >= 11 is 0. The Balaban J connectivity index is 0.00000155. The van der Waals surface area contributed by atoms with Crippen LogP contribution in [-0.4, -0.2) is 4.70 Å². The van der Waals surface area contributed by atoms with E-state index in [9.17, 15) is 5.53 Å². The number of hydrogen-bond donors (Lipinski definition) is 0. The molecule has 0 aliphatic carbocycles. The third-order valence-corrected chi connectivity index (χ3v) is 22.1. The minimum atomic E-state index is 0. The molecule has 2 aromatic carbocycles. The van der Waals surface area contributed by atoms with E-state index in [1.807, 2.05) is 0 Å². The average Bonchev–Trinajstić information content (AvgIpc) is 1.61. The molecular weight excluding hydrogens is 1280 g/mol. The van der Waals surface area contributed by atoms with Gasteiger partial charge in [-0.05, 0) is 86.8 Å². The molecule has 0 N–H and O–H groups in total. The minimum absolute atomic E-state index is 0. The molecule has 0 fully saturated rings. The van der Waals surface area contributed by atoms with E-state index in [2.05, 4.69) is 116 Å². The Kier molecular flexibility index (Phi) is 79.5. The van der Waals surface area contributed by atoms with Crippen LogP contribution in [0.5, 0.6) is 0 Å². The Morgan fingerprint density at radius 3 is 0.775 bits per heavy atom. The summed E-state index contributed by atoms with van der Waals surface area (Å²) in [5.74, 6) is 0. The van der Waals surface area contributed by atoms with Crippen LogP contribution in [0.3, 0.4) is 0 Å². The van der Waals surface area contributed by atoms with Crippen molar-refractivity contribution in [3.63, 3.8) is 0 Å². The third-order valence-electron chi connectivity index (χ3n) is 22.1. The largest absolute Gasteiger partial charge is 2.00 e. The van der Waals surface area contributed by atoms with E-state index in [1.165, 1.54) is 444 Å². The molecule has 1 aliphatic heterocycles. The van der Waals surface area contributed by atoms with Crippen LogP contribution in [0.1, 0.15) is 520 Å². The van der Waals surface area contributed by atoms with Crippen molar-refractivity contribution in [1.29, 1.82) is 0 Å². The summed E-state index contributed by atoms with van der Waals surface area (Å²) in [4.78, 5) is 0. The molecule has 0 amide bonds. The van der Waals surface area contributed by atoms with Crippen molar-refractivity contribution >= 4 is 11.4 Å². The topological polar surface area (TPSA) is 25.3 Å². The predicted octanol–water partition coefficient (Wildman–Crippen LogP) is 36.0. The Hall–Kier alpha value is -2.25. The van der Waals surface area contributed by atoms with Crippen molar-refractivity contribution < 1.29 is 21.2 Å². The van der Waals surface area contributed by atoms with E-state index < -0.39 is 0 Å². The van der Waals surface area contributed by atoms with Crippen LogP contribution in [-0.2, 0) is 29.3 Å². The Labute approximate surface area is 652 Å². The van der Waals surface area contributed by atoms with Gasteiger partial charge in [-0.25, -0.2) is 4.70 Å². The first kappa shape index (κ1) is 99.8. The molecule has 1 aliphatic rings. The summed E-state index contributed by atoms with van der Waals surface area (Å²) in [5.41, 5.74) is 21.4. The van der Waals surface area contributed by atoms with Gasteiger partial charge >= 0.3 is 16.5 Å². The number of unbranched alkanes of at least 4 members (excludes halogenated alkanes) is 64. The quantitative estimate of drug-likeness (QED) is 0.0273. The van der Waals surface area contributed by atoms with Gasteiger partial charge in [-0.15, -0.1) is 0 Å². The molecule has 3 rings (SSSR count). The maximum Gasteiger partial charge on any atom is 2.00 e. The van der Waals surface area contributed by atoms with Gasteiger partial charge in [0.1, 0.15) is 0 Å². The molecule has 0 aromatic heterocycles. The summed E-state index contributed by atoms with van der Waals surface area (Å²) in [6, 6.07) is 17.9. The predicted molar refractivity (Wildman–Crippen MR) is 459 cm³/mol. The van der Waals surface area contributed by atoms with Gasteiger partial charge in [0, 0.05) is 16.7 Å². The summed E-state index contributed by atoms with van der Waals surface area (Å²) < 4.78 is 1.54. The monoisotopic (exact) mass is 1450 g/mol. The van der Waals surface area contributed by atoms with E-state index >= 15 is 0 Å². The minimum Gasteiger partial charge on any atom is -0.493 e. The first-order chi connectivity index (χ1) is 50.0. The van der Waals surface area contributed by atoms with E-state index in [0.29, 0.717) is 0 Å². The Morgan fingerprint density at radius 2 is 0.510 bits per heavy atom. The average molecular weight is 1460 g/mol. The van der Waals surface area contributed by atoms with Crippen LogP contribution >= 0.6 is 0 Å². The van der Waals surface area contributed by atoms with Crippen molar-refractivity contribution in [3.8, 4) is 0 Å². The van der Waals surface area contributed by atoms with E-state index in [4.69, 9.17) is 0 Å². The number of benzene rings is 2. The molecule has 0 atom stereocenters. The van der Waals surface area contributed by atoms with Crippen LogP contribution in [0.25, 0.3) is 16.9 Å². The van der Waals surface area contributed by atoms with E-state index in [1.54, 1.807) is 0 Å². The van der Waals surface area contributed by atoms with Crippen molar-refractivity contribution in [1.82, 2.24) is 0 Å². The van der Waals surface area contributed by atoms with Gasteiger partial charge < -0.3 is 19.4 Å². The summed E-state index contributed by atoms with van der Waals surface area (Å²) in [6.07, 6.45) is 106. The first-order valence-corrected chi connectivity index (χ1v) is 46.4. The maximum atomic E-state index is 12.0. The second-order valence-electron chi connectivity index (χ2n) is 32.0. The molecule has 0 bridgehead atoms. The van der Waals surface area contributed by atoms with Gasteiger partial charge in [0.2, 0.25) is 11.4 Å². The zero-order valence-electron chi connectivity index (χ0n) is 70.0. The fourth-order valence-electron chi connectivity index (χ4n) is 15.3. The molecule has 102 heavy (non-hydrogen) atoms. The van der Waals surface area contributed by atoms with Crippen LogP contribution < -0.4 is 0 Å². The van der Waals surface area contributed by atoms with Gasteiger partial charge in [0.25, 0.3) is 0 Å². The standard InChI is InChI=1S/C41H60N2.2C29H59.Ni/c1-5-9-13-14-15-16-17-18-21-31-39-38(30-12-8-4)40(36-28-22-26-34(32-36)24-19-10-6-2)43(42)41(39)37-29-23-27-35(33-37)25-20-11-7-3;2*1-3-5-7-9-11-13-15-17-19-21-23-25-27-29-28-26-24-22-20-18-16-14-12-10-8-6-4-2;/h21-23,26-29,31-33H,5-20,24-25,30H2,1-4H3;2*1,3-29H2,2H3;/q;2*-1;+2. The summed E-state index contributed by atoms with van der Waals surface area (Å²) in [7, 11) is 0. The van der Waals surface area contributed by atoms with Crippen LogP contribution in [0.2, 0.25) is 0 Å².